The molecule has 2 aromatic carbocycles. The second kappa shape index (κ2) is 10.4. The van der Waals surface area contributed by atoms with Crippen LogP contribution in [0.25, 0.3) is 17.7 Å². The normalized spacial score (nSPS) is 13.8. The van der Waals surface area contributed by atoms with Crippen molar-refractivity contribution < 1.29 is 60.9 Å². The molecule has 27 heavy (non-hydrogen) atoms. The predicted molar refractivity (Wildman–Crippen MR) is 96.2 cm³/mol. The van der Waals surface area contributed by atoms with Crippen LogP contribution in [0.4, 0.5) is 0 Å². The Morgan fingerprint density at radius 2 is 1.89 bits per heavy atom. The number of fused-ring (bicyclic) bond motifs is 2. The molecule has 0 aromatic heterocycles. The van der Waals surface area contributed by atoms with Gasteiger partial charge in [-0.15, -0.1) is 33.4 Å². The van der Waals surface area contributed by atoms with Crippen molar-refractivity contribution in [3.63, 3.8) is 0 Å². The van der Waals surface area contributed by atoms with Crippen LogP contribution in [-0.4, -0.2) is 18.3 Å². The van der Waals surface area contributed by atoms with Crippen LogP contribution in [0.2, 0.25) is 0 Å². The van der Waals surface area contributed by atoms with E-state index in [0.29, 0.717) is 6.61 Å². The first-order chi connectivity index (χ1) is 11.8. The van der Waals surface area contributed by atoms with Gasteiger partial charge in [-0.1, -0.05) is 53.3 Å². The minimum atomic E-state index is 0. The minimum Gasteiger partial charge on any atom is -1.00 e. The number of ether oxygens (including phenoxy) is 1. The van der Waals surface area contributed by atoms with Crippen LogP contribution in [0.15, 0.2) is 54.3 Å². The molecule has 0 unspecified atom stereocenters. The minimum absolute atomic E-state index is 0. The first-order valence-electron chi connectivity index (χ1n) is 8.30. The summed E-state index contributed by atoms with van der Waals surface area (Å²) in [5, 5.41) is 13.9. The van der Waals surface area contributed by atoms with Crippen LogP contribution < -0.4 is 35.3 Å². The van der Waals surface area contributed by atoms with Gasteiger partial charge in [0.25, 0.3) is 0 Å². The van der Waals surface area contributed by atoms with Gasteiger partial charge in [0.1, 0.15) is 12.4 Å². The molecule has 0 atom stereocenters. The predicted octanol–water partition coefficient (Wildman–Crippen LogP) is -3.52. The van der Waals surface area contributed by atoms with E-state index in [1.54, 1.807) is 0 Å². The number of rotatable bonds is 4. The summed E-state index contributed by atoms with van der Waals surface area (Å²) < 4.78 is 5.76. The molecule has 1 N–H and O–H groups in total. The molecule has 5 heteroatoms. The van der Waals surface area contributed by atoms with Crippen LogP contribution in [-0.2, 0) is 30.9 Å². The monoisotopic (exact) mass is 475 g/mol. The van der Waals surface area contributed by atoms with Crippen LogP contribution >= 0.6 is 0 Å². The number of hydrogen-bond donors (Lipinski definition) is 1. The standard InChI is InChI=1S/C22H19O2.2ClH.Zr/c1-2-15-10-11-18-17-7-4-3-6-16(17)14-20(18)22(15)19-8-5-9-21(19)24-13-12-23;;;/h2-7,9-11,23H,8,12-13H2,1H3;2*1H;/q-1;;;+3/p-2. The first kappa shape index (κ1) is 23.9. The Labute approximate surface area is 190 Å². The smallest absolute Gasteiger partial charge is 1.00 e. The van der Waals surface area contributed by atoms with E-state index < -0.39 is 0 Å². The topological polar surface area (TPSA) is 29.5 Å². The van der Waals surface area contributed by atoms with Crippen LogP contribution in [0.3, 0.4) is 0 Å². The van der Waals surface area contributed by atoms with Gasteiger partial charge in [-0.05, 0) is 25.0 Å². The van der Waals surface area contributed by atoms with Gasteiger partial charge < -0.3 is 34.7 Å². The van der Waals surface area contributed by atoms with Crippen LogP contribution in [0.5, 0.6) is 0 Å². The molecule has 0 amide bonds. The average Bonchev–Trinajstić information content (AvgIpc) is 3.23. The third kappa shape index (κ3) is 4.33. The fourth-order valence-electron chi connectivity index (χ4n) is 3.50. The number of aliphatic hydroxyl groups excluding tert-OH is 1. The molecule has 0 aliphatic heterocycles. The van der Waals surface area contributed by atoms with Gasteiger partial charge in [-0.25, -0.2) is 0 Å². The van der Waals surface area contributed by atoms with Crippen molar-refractivity contribution in [1.29, 1.82) is 0 Å². The molecular weight excluding hydrogens is 458 g/mol. The van der Waals surface area contributed by atoms with E-state index in [2.05, 4.69) is 61.5 Å². The molecule has 0 saturated heterocycles. The molecule has 2 aliphatic rings. The van der Waals surface area contributed by atoms with Gasteiger partial charge in [0.15, 0.2) is 0 Å². The quantitative estimate of drug-likeness (QED) is 0.395. The SMILES string of the molecule is CC=c1ccc2c(c1C1=C(OCCO)C=CC1)[C-]=c1ccccc1=2.[Cl-].[Cl-].[Zr+3]. The van der Waals surface area contributed by atoms with E-state index in [4.69, 9.17) is 9.84 Å². The number of benzene rings is 2. The number of aliphatic hydroxyl groups is 1. The summed E-state index contributed by atoms with van der Waals surface area (Å²) >= 11 is 0. The van der Waals surface area contributed by atoms with Gasteiger partial charge in [-0.2, -0.15) is 0 Å². The summed E-state index contributed by atoms with van der Waals surface area (Å²) in [6, 6.07) is 12.7. The van der Waals surface area contributed by atoms with Crippen LogP contribution in [0, 0.1) is 10.4 Å². The van der Waals surface area contributed by atoms with Crippen molar-refractivity contribution in [2.45, 2.75) is 13.3 Å². The molecule has 2 aromatic rings. The fraction of sp³-hybridized carbons (Fsp3) is 0.182. The maximum atomic E-state index is 9.07. The van der Waals surface area contributed by atoms with Crippen molar-refractivity contribution in [2.24, 2.45) is 0 Å². The van der Waals surface area contributed by atoms with E-state index in [1.165, 1.54) is 26.8 Å². The molecule has 0 heterocycles. The van der Waals surface area contributed by atoms with E-state index in [9.17, 15) is 0 Å². The third-order valence-electron chi connectivity index (χ3n) is 4.56. The van der Waals surface area contributed by atoms with Crippen molar-refractivity contribution in [3.8, 4) is 0 Å². The zero-order chi connectivity index (χ0) is 16.5. The summed E-state index contributed by atoms with van der Waals surface area (Å²) in [7, 11) is 0. The molecule has 0 saturated carbocycles. The van der Waals surface area contributed by atoms with Gasteiger partial charge in [0, 0.05) is 0 Å². The molecule has 0 bridgehead atoms. The fourth-order valence-corrected chi connectivity index (χ4v) is 3.50. The molecule has 2 nitrogen and oxygen atoms in total. The number of halogens is 2. The number of hydrogen-bond acceptors (Lipinski definition) is 2. The Morgan fingerprint density at radius 3 is 2.63 bits per heavy atom. The van der Waals surface area contributed by atoms with E-state index >= 15 is 0 Å². The molecular formula is C22H19Cl2O2Zr. The van der Waals surface area contributed by atoms with E-state index in [-0.39, 0.29) is 57.6 Å². The summed E-state index contributed by atoms with van der Waals surface area (Å²) in [6.07, 6.45) is 10.7. The van der Waals surface area contributed by atoms with Gasteiger partial charge >= 0.3 is 26.2 Å². The molecule has 137 valence electrons. The average molecular weight is 478 g/mol. The Kier molecular flexibility index (Phi) is 9.24. The van der Waals surface area contributed by atoms with Gasteiger partial charge in [-0.3, -0.25) is 0 Å². The second-order valence-corrected chi connectivity index (χ2v) is 5.93. The van der Waals surface area contributed by atoms with Crippen molar-refractivity contribution in [3.05, 3.63) is 86.3 Å². The second-order valence-electron chi connectivity index (χ2n) is 5.93. The molecule has 1 radical (unpaired) electrons. The molecule has 0 fully saturated rings. The number of allylic oxidation sites excluding steroid dienone is 3. The summed E-state index contributed by atoms with van der Waals surface area (Å²) in [6.45, 7) is 2.40. The zero-order valence-corrected chi connectivity index (χ0v) is 18.9. The summed E-state index contributed by atoms with van der Waals surface area (Å²) in [4.78, 5) is 0. The van der Waals surface area contributed by atoms with Crippen LogP contribution in [0.1, 0.15) is 24.5 Å². The Morgan fingerprint density at radius 1 is 1.11 bits per heavy atom. The van der Waals surface area contributed by atoms with E-state index in [0.717, 1.165) is 23.0 Å². The van der Waals surface area contributed by atoms with Crippen molar-refractivity contribution in [1.82, 2.24) is 0 Å². The zero-order valence-electron chi connectivity index (χ0n) is 14.9. The molecule has 4 rings (SSSR count). The van der Waals surface area contributed by atoms with Crippen molar-refractivity contribution >= 4 is 17.7 Å². The maximum absolute atomic E-state index is 9.07. The molecule has 2 aliphatic carbocycles. The van der Waals surface area contributed by atoms with Crippen molar-refractivity contribution in [2.75, 3.05) is 13.2 Å². The Hall–Kier alpha value is -1.12. The van der Waals surface area contributed by atoms with Gasteiger partial charge in [0.05, 0.1) is 6.61 Å². The van der Waals surface area contributed by atoms with E-state index in [1.807, 2.05) is 6.08 Å². The third-order valence-corrected chi connectivity index (χ3v) is 4.56. The summed E-state index contributed by atoms with van der Waals surface area (Å²) in [5.74, 6) is 0.860. The Bertz CT molecular complexity index is 1090. The largest absolute Gasteiger partial charge is 3.00 e. The Balaban J connectivity index is 0.00000121. The summed E-state index contributed by atoms with van der Waals surface area (Å²) in [5.41, 5.74) is 3.52. The maximum Gasteiger partial charge on any atom is 3.00 e. The first-order valence-corrected chi connectivity index (χ1v) is 8.30. The van der Waals surface area contributed by atoms with Gasteiger partial charge in [0.2, 0.25) is 0 Å². The molecule has 0 spiro atoms.